The van der Waals surface area contributed by atoms with Gasteiger partial charge in [0.1, 0.15) is 0 Å². The van der Waals surface area contributed by atoms with Crippen molar-refractivity contribution in [3.63, 3.8) is 0 Å². The molecule has 0 amide bonds. The Morgan fingerprint density at radius 2 is 2.00 bits per heavy atom. The van der Waals surface area contributed by atoms with Gasteiger partial charge >= 0.3 is 0 Å². The van der Waals surface area contributed by atoms with Crippen LogP contribution in [0.1, 0.15) is 29.7 Å². The maximum Gasteiger partial charge on any atom is 0.272 e. The molecule has 0 aliphatic rings. The molecule has 0 radical (unpaired) electrons. The molecule has 0 aliphatic carbocycles. The van der Waals surface area contributed by atoms with E-state index in [1.807, 2.05) is 26.0 Å². The molecule has 2 aromatic rings. The monoisotopic (exact) mass is 271 g/mol. The zero-order valence-corrected chi connectivity index (χ0v) is 11.8. The molecule has 5 nitrogen and oxygen atoms in total. The lowest BCUT2D eigenvalue weighted by molar-refractivity contribution is -0.385. The van der Waals surface area contributed by atoms with Crippen molar-refractivity contribution < 1.29 is 4.92 Å². The fraction of sp³-hybridized carbons (Fsp3) is 0.267. The molecule has 20 heavy (non-hydrogen) atoms. The molecule has 104 valence electrons. The number of pyridine rings is 1. The third kappa shape index (κ3) is 3.12. The SMILES string of the molecule is Cc1cncc(NC(C)c2ccc(C)c([N+](=O)[O-])c2)c1. The molecule has 0 aliphatic heterocycles. The number of hydrogen-bond acceptors (Lipinski definition) is 4. The van der Waals surface area contributed by atoms with E-state index in [2.05, 4.69) is 10.3 Å². The maximum atomic E-state index is 11.0. The molecule has 0 saturated carbocycles. The van der Waals surface area contributed by atoms with Crippen LogP contribution in [0, 0.1) is 24.0 Å². The molecule has 5 heteroatoms. The van der Waals surface area contributed by atoms with E-state index >= 15 is 0 Å². The average Bonchev–Trinajstić information content (AvgIpc) is 2.38. The Morgan fingerprint density at radius 3 is 2.65 bits per heavy atom. The zero-order chi connectivity index (χ0) is 14.7. The Labute approximate surface area is 117 Å². The molecule has 0 bridgehead atoms. The molecule has 2 rings (SSSR count). The van der Waals surface area contributed by atoms with Gasteiger partial charge in [-0.25, -0.2) is 0 Å². The Kier molecular flexibility index (Phi) is 3.98. The van der Waals surface area contributed by atoms with E-state index in [4.69, 9.17) is 0 Å². The van der Waals surface area contributed by atoms with Crippen LogP contribution in [0.15, 0.2) is 36.7 Å². The van der Waals surface area contributed by atoms with Crippen LogP contribution in [-0.2, 0) is 0 Å². The summed E-state index contributed by atoms with van der Waals surface area (Å²) >= 11 is 0. The first kappa shape index (κ1) is 14.0. The molecule has 1 aromatic carbocycles. The van der Waals surface area contributed by atoms with Gasteiger partial charge in [-0.15, -0.1) is 0 Å². The quantitative estimate of drug-likeness (QED) is 0.678. The van der Waals surface area contributed by atoms with Crippen molar-refractivity contribution in [1.29, 1.82) is 0 Å². The normalized spacial score (nSPS) is 11.9. The van der Waals surface area contributed by atoms with Crippen molar-refractivity contribution in [2.24, 2.45) is 0 Å². The van der Waals surface area contributed by atoms with Crippen molar-refractivity contribution in [3.8, 4) is 0 Å². The first-order chi connectivity index (χ1) is 9.47. The predicted molar refractivity (Wildman–Crippen MR) is 78.8 cm³/mol. The van der Waals surface area contributed by atoms with Gasteiger partial charge in [-0.05, 0) is 38.0 Å². The van der Waals surface area contributed by atoms with Gasteiger partial charge in [0.15, 0.2) is 0 Å². The molecule has 0 spiro atoms. The molecule has 0 fully saturated rings. The third-order valence-electron chi connectivity index (χ3n) is 3.19. The molecule has 1 N–H and O–H groups in total. The number of nitro groups is 1. The van der Waals surface area contributed by atoms with E-state index in [-0.39, 0.29) is 16.7 Å². The summed E-state index contributed by atoms with van der Waals surface area (Å²) in [6.07, 6.45) is 3.53. The second kappa shape index (κ2) is 5.69. The highest BCUT2D eigenvalue weighted by Crippen LogP contribution is 2.25. The topological polar surface area (TPSA) is 68.1 Å². The van der Waals surface area contributed by atoms with Crippen molar-refractivity contribution in [3.05, 3.63) is 63.5 Å². The van der Waals surface area contributed by atoms with Gasteiger partial charge < -0.3 is 5.32 Å². The summed E-state index contributed by atoms with van der Waals surface area (Å²) in [6.45, 7) is 5.68. The Morgan fingerprint density at radius 1 is 1.25 bits per heavy atom. The zero-order valence-electron chi connectivity index (χ0n) is 11.8. The smallest absolute Gasteiger partial charge is 0.272 e. The Balaban J connectivity index is 2.23. The van der Waals surface area contributed by atoms with Gasteiger partial charge in [-0.1, -0.05) is 12.1 Å². The number of hydrogen-bond donors (Lipinski definition) is 1. The second-order valence-corrected chi connectivity index (χ2v) is 4.92. The van der Waals surface area contributed by atoms with Gasteiger partial charge in [0.2, 0.25) is 0 Å². The number of aryl methyl sites for hydroxylation is 2. The first-order valence-corrected chi connectivity index (χ1v) is 6.40. The molecule has 1 aromatic heterocycles. The predicted octanol–water partition coefficient (Wildman–Crippen LogP) is 3.78. The van der Waals surface area contributed by atoms with Crippen LogP contribution in [0.2, 0.25) is 0 Å². The number of benzene rings is 1. The van der Waals surface area contributed by atoms with Gasteiger partial charge in [0.25, 0.3) is 5.69 Å². The fourth-order valence-electron chi connectivity index (χ4n) is 2.06. The van der Waals surface area contributed by atoms with Gasteiger partial charge in [-0.2, -0.15) is 0 Å². The minimum absolute atomic E-state index is 0.0297. The van der Waals surface area contributed by atoms with E-state index in [9.17, 15) is 10.1 Å². The van der Waals surface area contributed by atoms with Crippen LogP contribution >= 0.6 is 0 Å². The summed E-state index contributed by atoms with van der Waals surface area (Å²) in [5.74, 6) is 0. The van der Waals surface area contributed by atoms with Crippen LogP contribution in [0.3, 0.4) is 0 Å². The fourth-order valence-corrected chi connectivity index (χ4v) is 2.06. The van der Waals surface area contributed by atoms with Crippen molar-refractivity contribution in [1.82, 2.24) is 4.98 Å². The van der Waals surface area contributed by atoms with Crippen LogP contribution in [0.5, 0.6) is 0 Å². The van der Waals surface area contributed by atoms with E-state index in [1.165, 1.54) is 0 Å². The molecule has 1 unspecified atom stereocenters. The lowest BCUT2D eigenvalue weighted by atomic mass is 10.0. The van der Waals surface area contributed by atoms with E-state index in [0.717, 1.165) is 16.8 Å². The van der Waals surface area contributed by atoms with Crippen molar-refractivity contribution in [2.75, 3.05) is 5.32 Å². The number of anilines is 1. The minimum atomic E-state index is -0.347. The second-order valence-electron chi connectivity index (χ2n) is 4.92. The van der Waals surface area contributed by atoms with Crippen molar-refractivity contribution in [2.45, 2.75) is 26.8 Å². The minimum Gasteiger partial charge on any atom is -0.377 e. The van der Waals surface area contributed by atoms with E-state index < -0.39 is 0 Å². The number of aromatic nitrogens is 1. The molecule has 1 heterocycles. The van der Waals surface area contributed by atoms with Gasteiger partial charge in [0.05, 0.1) is 10.6 Å². The first-order valence-electron chi connectivity index (χ1n) is 6.40. The third-order valence-corrected chi connectivity index (χ3v) is 3.19. The number of rotatable bonds is 4. The summed E-state index contributed by atoms with van der Waals surface area (Å²) in [7, 11) is 0. The lowest BCUT2D eigenvalue weighted by Gasteiger charge is -2.16. The Bertz CT molecular complexity index is 641. The summed E-state index contributed by atoms with van der Waals surface area (Å²) < 4.78 is 0. The average molecular weight is 271 g/mol. The highest BCUT2D eigenvalue weighted by Gasteiger charge is 2.14. The number of nitro benzene ring substituents is 1. The number of nitrogens with zero attached hydrogens (tertiary/aromatic N) is 2. The van der Waals surface area contributed by atoms with Crippen molar-refractivity contribution >= 4 is 11.4 Å². The van der Waals surface area contributed by atoms with Gasteiger partial charge in [0, 0.05) is 30.1 Å². The standard InChI is InChI=1S/C15H17N3O2/c1-10-6-14(9-16-8-10)17-12(3)13-5-4-11(2)15(7-13)18(19)20/h4-9,12,17H,1-3H3. The van der Waals surface area contributed by atoms with E-state index in [1.54, 1.807) is 31.5 Å². The number of nitrogens with one attached hydrogen (secondary N) is 1. The molecule has 0 saturated heterocycles. The Hall–Kier alpha value is -2.43. The van der Waals surface area contributed by atoms with Crippen LogP contribution in [0.4, 0.5) is 11.4 Å². The highest BCUT2D eigenvalue weighted by atomic mass is 16.6. The summed E-state index contributed by atoms with van der Waals surface area (Å²) in [5, 5.41) is 14.3. The lowest BCUT2D eigenvalue weighted by Crippen LogP contribution is -2.07. The molecular weight excluding hydrogens is 254 g/mol. The van der Waals surface area contributed by atoms with Gasteiger partial charge in [-0.3, -0.25) is 15.1 Å². The van der Waals surface area contributed by atoms with Crippen LogP contribution in [-0.4, -0.2) is 9.91 Å². The molecule has 1 atom stereocenters. The maximum absolute atomic E-state index is 11.0. The summed E-state index contributed by atoms with van der Waals surface area (Å²) in [5.41, 5.74) is 3.67. The summed E-state index contributed by atoms with van der Waals surface area (Å²) in [6, 6.07) is 7.27. The largest absolute Gasteiger partial charge is 0.377 e. The summed E-state index contributed by atoms with van der Waals surface area (Å²) in [4.78, 5) is 14.7. The van der Waals surface area contributed by atoms with E-state index in [0.29, 0.717) is 5.56 Å². The van der Waals surface area contributed by atoms with Crippen LogP contribution in [0.25, 0.3) is 0 Å². The molecular formula is C15H17N3O2. The van der Waals surface area contributed by atoms with Crippen LogP contribution < -0.4 is 5.32 Å². The highest BCUT2D eigenvalue weighted by molar-refractivity contribution is 5.48.